The van der Waals surface area contributed by atoms with Gasteiger partial charge in [0.1, 0.15) is 0 Å². The molecule has 24 heavy (non-hydrogen) atoms. The number of ether oxygens (including phenoxy) is 2. The van der Waals surface area contributed by atoms with Crippen molar-refractivity contribution in [2.45, 2.75) is 91.5 Å². The molecule has 0 bridgehead atoms. The summed E-state index contributed by atoms with van der Waals surface area (Å²) in [6, 6.07) is 0. The quantitative estimate of drug-likeness (QED) is 0.373. The lowest BCUT2D eigenvalue weighted by Crippen LogP contribution is -2.44. The van der Waals surface area contributed by atoms with Gasteiger partial charge in [-0.2, -0.15) is 0 Å². The summed E-state index contributed by atoms with van der Waals surface area (Å²) < 4.78 is 12.3. The highest BCUT2D eigenvalue weighted by Crippen LogP contribution is 2.34. The number of hydrogen-bond acceptors (Lipinski definition) is 5. The van der Waals surface area contributed by atoms with Crippen LogP contribution in [-0.4, -0.2) is 35.9 Å². The summed E-state index contributed by atoms with van der Waals surface area (Å²) in [5.74, 6) is 5.01. The van der Waals surface area contributed by atoms with Gasteiger partial charge < -0.3 is 15.2 Å². The minimum atomic E-state index is -0.604. The van der Waals surface area contributed by atoms with Crippen molar-refractivity contribution in [3.63, 3.8) is 0 Å². The van der Waals surface area contributed by atoms with Crippen molar-refractivity contribution >= 4 is 5.91 Å². The van der Waals surface area contributed by atoms with Gasteiger partial charge in [0.15, 0.2) is 0 Å². The summed E-state index contributed by atoms with van der Waals surface area (Å²) in [5.41, 5.74) is 6.48. The Bertz CT molecular complexity index is 404. The zero-order valence-electron chi connectivity index (χ0n) is 16.9. The SMILES string of the molecule is CC(C)(CCNN)OCCC(C)(C)OC(C)(C)CC(C)(C)C(N)=O. The highest BCUT2D eigenvalue weighted by atomic mass is 16.5. The van der Waals surface area contributed by atoms with Crippen molar-refractivity contribution < 1.29 is 14.3 Å². The Balaban J connectivity index is 4.54. The third kappa shape index (κ3) is 9.57. The van der Waals surface area contributed by atoms with E-state index in [0.717, 1.165) is 12.8 Å². The maximum Gasteiger partial charge on any atom is 0.223 e. The van der Waals surface area contributed by atoms with E-state index in [9.17, 15) is 4.79 Å². The molecule has 0 saturated heterocycles. The number of carbonyl (C=O) groups is 1. The number of hydrazine groups is 1. The first-order valence-electron chi connectivity index (χ1n) is 8.70. The first kappa shape index (κ1) is 23.3. The molecule has 0 unspecified atom stereocenters. The summed E-state index contributed by atoms with van der Waals surface area (Å²) in [6.45, 7) is 17.2. The highest BCUT2D eigenvalue weighted by Gasteiger charge is 2.37. The van der Waals surface area contributed by atoms with Crippen LogP contribution in [0.5, 0.6) is 0 Å². The molecule has 6 heteroatoms. The maximum absolute atomic E-state index is 11.6. The Hall–Kier alpha value is -0.690. The molecule has 0 aliphatic rings. The van der Waals surface area contributed by atoms with Gasteiger partial charge in [0, 0.05) is 12.0 Å². The molecular weight excluding hydrogens is 306 g/mol. The second-order valence-electron chi connectivity index (χ2n) is 9.11. The standard InChI is InChI=1S/C18H39N3O3/c1-15(2,14(19)22)13-18(7,8)24-17(5,6)10-12-23-16(3,4)9-11-21-20/h21H,9-13,20H2,1-8H3,(H2,19,22). The number of primary amides is 1. The summed E-state index contributed by atoms with van der Waals surface area (Å²) in [7, 11) is 0. The topological polar surface area (TPSA) is 99.6 Å². The molecule has 0 aromatic rings. The summed E-state index contributed by atoms with van der Waals surface area (Å²) in [5, 5.41) is 0. The van der Waals surface area contributed by atoms with Crippen LogP contribution < -0.4 is 17.0 Å². The van der Waals surface area contributed by atoms with Gasteiger partial charge in [-0.25, -0.2) is 0 Å². The van der Waals surface area contributed by atoms with E-state index in [1.54, 1.807) is 0 Å². The number of carbonyl (C=O) groups excluding carboxylic acids is 1. The fraction of sp³-hybridized carbons (Fsp3) is 0.944. The number of nitrogens with one attached hydrogen (secondary N) is 1. The maximum atomic E-state index is 11.6. The molecule has 0 radical (unpaired) electrons. The van der Waals surface area contributed by atoms with Crippen LogP contribution in [0.2, 0.25) is 0 Å². The average molecular weight is 346 g/mol. The number of nitrogens with two attached hydrogens (primary N) is 2. The molecule has 0 aliphatic carbocycles. The van der Waals surface area contributed by atoms with Gasteiger partial charge in [0.2, 0.25) is 5.91 Å². The first-order valence-corrected chi connectivity index (χ1v) is 8.70. The lowest BCUT2D eigenvalue weighted by atomic mass is 9.80. The lowest BCUT2D eigenvalue weighted by Gasteiger charge is -2.40. The molecule has 0 aromatic heterocycles. The Kier molecular flexibility index (Phi) is 8.36. The Morgan fingerprint density at radius 2 is 1.46 bits per heavy atom. The zero-order chi connectivity index (χ0) is 19.2. The lowest BCUT2D eigenvalue weighted by molar-refractivity contribution is -0.158. The van der Waals surface area contributed by atoms with Crippen LogP contribution in [0.3, 0.4) is 0 Å². The average Bonchev–Trinajstić information content (AvgIpc) is 2.32. The van der Waals surface area contributed by atoms with E-state index in [1.807, 2.05) is 41.5 Å². The summed E-state index contributed by atoms with van der Waals surface area (Å²) in [6.07, 6.45) is 2.16. The van der Waals surface area contributed by atoms with Gasteiger partial charge in [0.05, 0.1) is 23.4 Å². The van der Waals surface area contributed by atoms with Gasteiger partial charge in [-0.15, -0.1) is 0 Å². The van der Waals surface area contributed by atoms with Crippen LogP contribution in [0.15, 0.2) is 0 Å². The first-order chi connectivity index (χ1) is 10.6. The molecule has 5 N–H and O–H groups in total. The third-order valence-corrected chi connectivity index (χ3v) is 4.16. The van der Waals surface area contributed by atoms with E-state index < -0.39 is 11.0 Å². The van der Waals surface area contributed by atoms with Gasteiger partial charge in [-0.05, 0) is 60.8 Å². The van der Waals surface area contributed by atoms with Crippen molar-refractivity contribution in [1.29, 1.82) is 0 Å². The molecule has 0 saturated carbocycles. The largest absolute Gasteiger partial charge is 0.375 e. The Labute approximate surface area is 148 Å². The minimum Gasteiger partial charge on any atom is -0.375 e. The molecule has 0 rings (SSSR count). The van der Waals surface area contributed by atoms with Crippen LogP contribution in [0.4, 0.5) is 0 Å². The van der Waals surface area contributed by atoms with Crippen LogP contribution >= 0.6 is 0 Å². The van der Waals surface area contributed by atoms with E-state index in [1.165, 1.54) is 0 Å². The fourth-order valence-electron chi connectivity index (χ4n) is 3.00. The van der Waals surface area contributed by atoms with Crippen LogP contribution in [0, 0.1) is 5.41 Å². The predicted molar refractivity (Wildman–Crippen MR) is 98.3 cm³/mol. The van der Waals surface area contributed by atoms with Crippen molar-refractivity contribution in [1.82, 2.24) is 5.43 Å². The molecule has 1 amide bonds. The Morgan fingerprint density at radius 1 is 0.917 bits per heavy atom. The molecule has 0 spiro atoms. The smallest absolute Gasteiger partial charge is 0.223 e. The second-order valence-corrected chi connectivity index (χ2v) is 9.11. The van der Waals surface area contributed by atoms with E-state index in [2.05, 4.69) is 19.3 Å². The Morgan fingerprint density at radius 3 is 1.92 bits per heavy atom. The molecular formula is C18H39N3O3. The molecule has 144 valence electrons. The van der Waals surface area contributed by atoms with Crippen molar-refractivity contribution in [3.05, 3.63) is 0 Å². The number of amides is 1. The summed E-state index contributed by atoms with van der Waals surface area (Å²) in [4.78, 5) is 11.6. The predicted octanol–water partition coefficient (Wildman–Crippen LogP) is 2.50. The molecule has 0 aliphatic heterocycles. The molecule has 0 heterocycles. The normalized spacial score (nSPS) is 14.0. The summed E-state index contributed by atoms with van der Waals surface area (Å²) >= 11 is 0. The van der Waals surface area contributed by atoms with Gasteiger partial charge >= 0.3 is 0 Å². The molecule has 0 atom stereocenters. The number of hydrogen-bond donors (Lipinski definition) is 3. The van der Waals surface area contributed by atoms with Crippen molar-refractivity contribution in [3.8, 4) is 0 Å². The highest BCUT2D eigenvalue weighted by molar-refractivity contribution is 5.79. The van der Waals surface area contributed by atoms with Gasteiger partial charge in [-0.1, -0.05) is 13.8 Å². The molecule has 0 aromatic carbocycles. The molecule has 0 fully saturated rings. The van der Waals surface area contributed by atoms with E-state index in [0.29, 0.717) is 19.6 Å². The fourth-order valence-corrected chi connectivity index (χ4v) is 3.00. The van der Waals surface area contributed by atoms with Crippen LogP contribution in [0.25, 0.3) is 0 Å². The molecule has 6 nitrogen and oxygen atoms in total. The third-order valence-electron chi connectivity index (χ3n) is 4.16. The van der Waals surface area contributed by atoms with Crippen molar-refractivity contribution in [2.24, 2.45) is 17.0 Å². The van der Waals surface area contributed by atoms with E-state index >= 15 is 0 Å². The van der Waals surface area contributed by atoms with E-state index in [4.69, 9.17) is 21.1 Å². The zero-order valence-corrected chi connectivity index (χ0v) is 16.9. The monoisotopic (exact) mass is 345 g/mol. The second kappa shape index (κ2) is 8.61. The van der Waals surface area contributed by atoms with Crippen LogP contribution in [0.1, 0.15) is 74.7 Å². The van der Waals surface area contributed by atoms with Gasteiger partial charge in [0.25, 0.3) is 0 Å². The number of rotatable bonds is 12. The van der Waals surface area contributed by atoms with E-state index in [-0.39, 0.29) is 17.1 Å². The van der Waals surface area contributed by atoms with Crippen molar-refractivity contribution in [2.75, 3.05) is 13.2 Å². The van der Waals surface area contributed by atoms with Crippen LogP contribution in [-0.2, 0) is 14.3 Å². The van der Waals surface area contributed by atoms with Gasteiger partial charge in [-0.3, -0.25) is 16.1 Å². The minimum absolute atomic E-state index is 0.230.